The van der Waals surface area contributed by atoms with Crippen molar-refractivity contribution in [3.63, 3.8) is 0 Å². The number of carbonyl (C=O) groups is 1. The average Bonchev–Trinajstić information content (AvgIpc) is 2.97. The minimum Gasteiger partial charge on any atom is -0.318 e. The number of halogens is 1. The Morgan fingerprint density at radius 3 is 2.62 bits per heavy atom. The number of nitrogens with one attached hydrogen (secondary N) is 1. The van der Waals surface area contributed by atoms with Gasteiger partial charge in [0.1, 0.15) is 0 Å². The fraction of sp³-hybridized carbons (Fsp3) is 0.217. The summed E-state index contributed by atoms with van der Waals surface area (Å²) in [6.07, 6.45) is 1.72. The van der Waals surface area contributed by atoms with Crippen LogP contribution in [0.3, 0.4) is 0 Å². The summed E-state index contributed by atoms with van der Waals surface area (Å²) in [5.74, 6) is 1.03. The smallest absolute Gasteiger partial charge is 0.250 e. The van der Waals surface area contributed by atoms with Gasteiger partial charge in [0.05, 0.1) is 12.0 Å². The van der Waals surface area contributed by atoms with E-state index in [1.165, 1.54) is 11.1 Å². The number of hydrogen-bond acceptors (Lipinski definition) is 3. The molecule has 0 bridgehead atoms. The van der Waals surface area contributed by atoms with Gasteiger partial charge in [-0.25, -0.2) is 5.43 Å². The van der Waals surface area contributed by atoms with E-state index in [-0.39, 0.29) is 5.91 Å². The third kappa shape index (κ3) is 5.40. The molecule has 2 aromatic carbocycles. The molecule has 3 aromatic rings. The number of hydrazone groups is 1. The maximum atomic E-state index is 12.1. The van der Waals surface area contributed by atoms with Crippen molar-refractivity contribution < 1.29 is 4.79 Å². The molecule has 0 saturated heterocycles. The molecule has 0 radical (unpaired) electrons. The molecule has 29 heavy (non-hydrogen) atoms. The first kappa shape index (κ1) is 21.4. The van der Waals surface area contributed by atoms with Gasteiger partial charge in [0.15, 0.2) is 0 Å². The SMILES string of the molecule is Cc1ccccc1-n1c(C)cc(/C=N\NC(=O)CSCc2ccccc2Br)c1C. The Kier molecular flexibility index (Phi) is 7.34. The van der Waals surface area contributed by atoms with Gasteiger partial charge in [-0.1, -0.05) is 52.3 Å². The van der Waals surface area contributed by atoms with Crippen LogP contribution in [0.1, 0.15) is 28.1 Å². The van der Waals surface area contributed by atoms with Crippen LogP contribution in [-0.2, 0) is 10.5 Å². The zero-order valence-corrected chi connectivity index (χ0v) is 19.2. The predicted octanol–water partition coefficient (Wildman–Crippen LogP) is 5.55. The number of aryl methyl sites for hydroxylation is 2. The Morgan fingerprint density at radius 1 is 1.14 bits per heavy atom. The van der Waals surface area contributed by atoms with Crippen molar-refractivity contribution in [1.82, 2.24) is 9.99 Å². The summed E-state index contributed by atoms with van der Waals surface area (Å²) in [5, 5.41) is 4.16. The van der Waals surface area contributed by atoms with Crippen molar-refractivity contribution in [1.29, 1.82) is 0 Å². The Labute approximate surface area is 184 Å². The molecule has 4 nitrogen and oxygen atoms in total. The van der Waals surface area contributed by atoms with E-state index in [0.717, 1.165) is 32.9 Å². The highest BCUT2D eigenvalue weighted by Crippen LogP contribution is 2.23. The van der Waals surface area contributed by atoms with Gasteiger partial charge in [0.2, 0.25) is 5.91 Å². The molecule has 0 fully saturated rings. The van der Waals surface area contributed by atoms with E-state index < -0.39 is 0 Å². The van der Waals surface area contributed by atoms with E-state index in [0.29, 0.717) is 5.75 Å². The second kappa shape index (κ2) is 9.94. The first-order valence-corrected chi connectivity index (χ1v) is 11.3. The van der Waals surface area contributed by atoms with Crippen molar-refractivity contribution in [2.24, 2.45) is 5.10 Å². The molecule has 0 spiro atoms. The van der Waals surface area contributed by atoms with Crippen LogP contribution >= 0.6 is 27.7 Å². The number of aromatic nitrogens is 1. The largest absolute Gasteiger partial charge is 0.318 e. The van der Waals surface area contributed by atoms with Crippen LogP contribution < -0.4 is 5.43 Å². The molecule has 0 unspecified atom stereocenters. The first-order chi connectivity index (χ1) is 14.0. The molecule has 0 aliphatic heterocycles. The molecular formula is C23H24BrN3OS. The number of carbonyl (C=O) groups excluding carboxylic acids is 1. The lowest BCUT2D eigenvalue weighted by Gasteiger charge is -2.12. The lowest BCUT2D eigenvalue weighted by Crippen LogP contribution is -2.19. The highest BCUT2D eigenvalue weighted by Gasteiger charge is 2.11. The standard InChI is InChI=1S/C23H24BrN3OS/c1-16-8-4-7-11-22(16)27-17(2)12-20(18(27)3)13-25-26-23(28)15-29-14-19-9-5-6-10-21(19)24/h4-13H,14-15H2,1-3H3,(H,26,28)/b25-13-. The Hall–Kier alpha value is -2.31. The van der Waals surface area contributed by atoms with Crippen molar-refractivity contribution in [3.05, 3.63) is 87.1 Å². The Balaban J connectivity index is 1.58. The van der Waals surface area contributed by atoms with E-state index in [9.17, 15) is 4.79 Å². The van der Waals surface area contributed by atoms with E-state index in [2.05, 4.69) is 76.1 Å². The Morgan fingerprint density at radius 2 is 1.86 bits per heavy atom. The van der Waals surface area contributed by atoms with Crippen LogP contribution in [0, 0.1) is 20.8 Å². The fourth-order valence-corrected chi connectivity index (χ4v) is 4.61. The summed E-state index contributed by atoms with van der Waals surface area (Å²) in [6.45, 7) is 6.25. The van der Waals surface area contributed by atoms with E-state index >= 15 is 0 Å². The van der Waals surface area contributed by atoms with E-state index in [1.54, 1.807) is 18.0 Å². The summed E-state index contributed by atoms with van der Waals surface area (Å²) in [4.78, 5) is 12.1. The van der Waals surface area contributed by atoms with Gasteiger partial charge in [0, 0.05) is 32.9 Å². The molecule has 1 aromatic heterocycles. The van der Waals surface area contributed by atoms with Gasteiger partial charge in [-0.3, -0.25) is 4.79 Å². The summed E-state index contributed by atoms with van der Waals surface area (Å²) in [7, 11) is 0. The molecule has 0 atom stereocenters. The summed E-state index contributed by atoms with van der Waals surface area (Å²) in [5.41, 5.74) is 9.40. The van der Waals surface area contributed by atoms with Gasteiger partial charge < -0.3 is 4.57 Å². The topological polar surface area (TPSA) is 46.4 Å². The second-order valence-corrected chi connectivity index (χ2v) is 8.67. The third-order valence-corrected chi connectivity index (χ3v) is 6.42. The number of nitrogens with zero attached hydrogens (tertiary/aromatic N) is 2. The van der Waals surface area contributed by atoms with E-state index in [4.69, 9.17) is 0 Å². The molecule has 1 N–H and O–H groups in total. The van der Waals surface area contributed by atoms with Crippen LogP contribution in [0.25, 0.3) is 5.69 Å². The van der Waals surface area contributed by atoms with Crippen molar-refractivity contribution in [2.45, 2.75) is 26.5 Å². The van der Waals surface area contributed by atoms with Gasteiger partial charge in [-0.15, -0.1) is 11.8 Å². The monoisotopic (exact) mass is 469 g/mol. The normalized spacial score (nSPS) is 11.2. The molecule has 6 heteroatoms. The average molecular weight is 470 g/mol. The fourth-order valence-electron chi connectivity index (χ4n) is 3.18. The third-order valence-electron chi connectivity index (χ3n) is 4.67. The molecular weight excluding hydrogens is 446 g/mol. The first-order valence-electron chi connectivity index (χ1n) is 9.35. The number of para-hydroxylation sites is 1. The molecule has 0 saturated carbocycles. The number of rotatable bonds is 7. The van der Waals surface area contributed by atoms with Crippen molar-refractivity contribution >= 4 is 39.8 Å². The van der Waals surface area contributed by atoms with Crippen molar-refractivity contribution in [2.75, 3.05) is 5.75 Å². The quantitative estimate of drug-likeness (QED) is 0.364. The molecule has 1 amide bonds. The highest BCUT2D eigenvalue weighted by molar-refractivity contribution is 9.10. The number of thioether (sulfide) groups is 1. The number of hydrogen-bond donors (Lipinski definition) is 1. The van der Waals surface area contributed by atoms with E-state index in [1.807, 2.05) is 30.3 Å². The minimum absolute atomic E-state index is 0.106. The van der Waals surface area contributed by atoms with Gasteiger partial charge >= 0.3 is 0 Å². The maximum Gasteiger partial charge on any atom is 0.250 e. The summed E-state index contributed by atoms with van der Waals surface area (Å²) >= 11 is 5.09. The summed E-state index contributed by atoms with van der Waals surface area (Å²) in [6, 6.07) is 18.4. The van der Waals surface area contributed by atoms with Crippen LogP contribution in [0.4, 0.5) is 0 Å². The Bertz CT molecular complexity index is 1040. The van der Waals surface area contributed by atoms with Gasteiger partial charge in [0.25, 0.3) is 0 Å². The number of benzene rings is 2. The lowest BCUT2D eigenvalue weighted by atomic mass is 10.2. The summed E-state index contributed by atoms with van der Waals surface area (Å²) < 4.78 is 3.28. The minimum atomic E-state index is -0.106. The molecule has 150 valence electrons. The molecule has 3 rings (SSSR count). The van der Waals surface area contributed by atoms with Gasteiger partial charge in [-0.2, -0.15) is 5.10 Å². The van der Waals surface area contributed by atoms with Crippen LogP contribution in [-0.4, -0.2) is 22.4 Å². The molecule has 1 heterocycles. The molecule has 0 aliphatic rings. The van der Waals surface area contributed by atoms with Crippen molar-refractivity contribution in [3.8, 4) is 5.69 Å². The van der Waals surface area contributed by atoms with Crippen LogP contribution in [0.2, 0.25) is 0 Å². The lowest BCUT2D eigenvalue weighted by molar-refractivity contribution is -0.118. The second-order valence-electron chi connectivity index (χ2n) is 6.83. The van der Waals surface area contributed by atoms with Crippen LogP contribution in [0.5, 0.6) is 0 Å². The predicted molar refractivity (Wildman–Crippen MR) is 126 cm³/mol. The zero-order chi connectivity index (χ0) is 20.8. The van der Waals surface area contributed by atoms with Crippen LogP contribution in [0.15, 0.2) is 64.2 Å². The van der Waals surface area contributed by atoms with Gasteiger partial charge in [-0.05, 0) is 50.1 Å². The number of amides is 1. The highest BCUT2D eigenvalue weighted by atomic mass is 79.9. The maximum absolute atomic E-state index is 12.1. The molecule has 0 aliphatic carbocycles. The zero-order valence-electron chi connectivity index (χ0n) is 16.8.